The van der Waals surface area contributed by atoms with Gasteiger partial charge in [0, 0.05) is 15.1 Å². The lowest BCUT2D eigenvalue weighted by molar-refractivity contribution is -0.136. The van der Waals surface area contributed by atoms with Gasteiger partial charge in [0.05, 0.1) is 12.7 Å². The standard InChI is InChI=1S/C11H5ClF4O2S/c1-18-10(17)9-8(11(14,15)16)7-5(13)2-4(12)3-6(7)19-9/h2-3H,1H3. The van der Waals surface area contributed by atoms with Crippen LogP contribution in [-0.2, 0) is 10.9 Å². The molecule has 0 unspecified atom stereocenters. The smallest absolute Gasteiger partial charge is 0.418 e. The van der Waals surface area contributed by atoms with E-state index in [0.29, 0.717) is 11.3 Å². The Morgan fingerprint density at radius 3 is 2.53 bits per heavy atom. The van der Waals surface area contributed by atoms with Crippen LogP contribution in [-0.4, -0.2) is 13.1 Å². The molecule has 19 heavy (non-hydrogen) atoms. The van der Waals surface area contributed by atoms with Crippen LogP contribution < -0.4 is 0 Å². The summed E-state index contributed by atoms with van der Waals surface area (Å²) in [6.45, 7) is 0. The Balaban J connectivity index is 2.90. The molecule has 0 atom stereocenters. The summed E-state index contributed by atoms with van der Waals surface area (Å²) in [5.41, 5.74) is -1.33. The van der Waals surface area contributed by atoms with Crippen molar-refractivity contribution >= 4 is 39.0 Å². The van der Waals surface area contributed by atoms with Gasteiger partial charge in [-0.15, -0.1) is 11.3 Å². The minimum atomic E-state index is -4.86. The molecule has 0 saturated heterocycles. The number of esters is 1. The van der Waals surface area contributed by atoms with E-state index in [1.165, 1.54) is 6.07 Å². The number of hydrogen-bond acceptors (Lipinski definition) is 3. The van der Waals surface area contributed by atoms with Crippen LogP contribution in [0.4, 0.5) is 17.6 Å². The maximum Gasteiger partial charge on any atom is 0.418 e. The number of carbonyl (C=O) groups excluding carboxylic acids is 1. The van der Waals surface area contributed by atoms with E-state index in [2.05, 4.69) is 4.74 Å². The number of alkyl halides is 3. The summed E-state index contributed by atoms with van der Waals surface area (Å²) in [5, 5.41) is -0.710. The zero-order chi connectivity index (χ0) is 14.4. The fraction of sp³-hybridized carbons (Fsp3) is 0.182. The monoisotopic (exact) mass is 312 g/mol. The van der Waals surface area contributed by atoms with Crippen molar-refractivity contribution in [3.8, 4) is 0 Å². The molecule has 8 heteroatoms. The minimum Gasteiger partial charge on any atom is -0.465 e. The molecule has 0 fully saturated rings. The first kappa shape index (κ1) is 14.1. The lowest BCUT2D eigenvalue weighted by Gasteiger charge is -2.08. The summed E-state index contributed by atoms with van der Waals surface area (Å²) in [5.74, 6) is -2.29. The van der Waals surface area contributed by atoms with Crippen LogP contribution >= 0.6 is 22.9 Å². The van der Waals surface area contributed by atoms with E-state index < -0.39 is 33.8 Å². The Morgan fingerprint density at radius 1 is 1.37 bits per heavy atom. The third kappa shape index (κ3) is 2.40. The van der Waals surface area contributed by atoms with Gasteiger partial charge in [-0.3, -0.25) is 0 Å². The van der Waals surface area contributed by atoms with Crippen LogP contribution in [0.2, 0.25) is 5.02 Å². The quantitative estimate of drug-likeness (QED) is 0.572. The number of fused-ring (bicyclic) bond motifs is 1. The lowest BCUT2D eigenvalue weighted by Crippen LogP contribution is -2.11. The Morgan fingerprint density at radius 2 is 2.00 bits per heavy atom. The predicted octanol–water partition coefficient (Wildman–Crippen LogP) is 4.50. The highest BCUT2D eigenvalue weighted by Gasteiger charge is 2.40. The van der Waals surface area contributed by atoms with Gasteiger partial charge in [-0.2, -0.15) is 13.2 Å². The largest absolute Gasteiger partial charge is 0.465 e. The topological polar surface area (TPSA) is 26.3 Å². The Labute approximate surface area is 113 Å². The van der Waals surface area contributed by atoms with Gasteiger partial charge in [-0.05, 0) is 12.1 Å². The number of hydrogen-bond donors (Lipinski definition) is 0. The van der Waals surface area contributed by atoms with Gasteiger partial charge in [0.1, 0.15) is 10.7 Å². The first-order valence-electron chi connectivity index (χ1n) is 4.82. The van der Waals surface area contributed by atoms with E-state index in [0.717, 1.165) is 13.2 Å². The lowest BCUT2D eigenvalue weighted by atomic mass is 10.1. The van der Waals surface area contributed by atoms with Crippen LogP contribution in [0.3, 0.4) is 0 Å². The van der Waals surface area contributed by atoms with Crippen molar-refractivity contribution in [3.05, 3.63) is 33.4 Å². The zero-order valence-corrected chi connectivity index (χ0v) is 10.8. The van der Waals surface area contributed by atoms with Gasteiger partial charge in [0.2, 0.25) is 0 Å². The van der Waals surface area contributed by atoms with Crippen LogP contribution in [0.1, 0.15) is 15.2 Å². The number of carbonyl (C=O) groups is 1. The molecule has 102 valence electrons. The molecule has 1 heterocycles. The fourth-order valence-electron chi connectivity index (χ4n) is 1.65. The number of ether oxygens (including phenoxy) is 1. The maximum absolute atomic E-state index is 13.7. The van der Waals surface area contributed by atoms with Gasteiger partial charge in [-0.25, -0.2) is 9.18 Å². The first-order chi connectivity index (χ1) is 8.75. The van der Waals surface area contributed by atoms with E-state index >= 15 is 0 Å². The highest BCUT2D eigenvalue weighted by Crippen LogP contribution is 2.44. The normalized spacial score (nSPS) is 11.9. The maximum atomic E-state index is 13.7. The van der Waals surface area contributed by atoms with E-state index in [-0.39, 0.29) is 9.72 Å². The summed E-state index contributed by atoms with van der Waals surface area (Å²) in [7, 11) is 0.955. The van der Waals surface area contributed by atoms with Crippen molar-refractivity contribution in [2.45, 2.75) is 6.18 Å². The summed E-state index contributed by atoms with van der Waals surface area (Å²) in [6, 6.07) is 1.94. The van der Waals surface area contributed by atoms with Crippen LogP contribution in [0.15, 0.2) is 12.1 Å². The highest BCUT2D eigenvalue weighted by atomic mass is 35.5. The van der Waals surface area contributed by atoms with E-state index in [1.54, 1.807) is 0 Å². The number of benzene rings is 1. The molecule has 0 amide bonds. The summed E-state index contributed by atoms with van der Waals surface area (Å²) >= 11 is 6.08. The molecule has 1 aromatic carbocycles. The van der Waals surface area contributed by atoms with Gasteiger partial charge >= 0.3 is 12.1 Å². The van der Waals surface area contributed by atoms with Gasteiger partial charge in [-0.1, -0.05) is 11.6 Å². The molecule has 0 aliphatic heterocycles. The molecule has 2 nitrogen and oxygen atoms in total. The second kappa shape index (κ2) is 4.64. The van der Waals surface area contributed by atoms with Crippen LogP contribution in [0.25, 0.3) is 10.1 Å². The highest BCUT2D eigenvalue weighted by molar-refractivity contribution is 7.21. The number of halogens is 5. The molecule has 0 spiro atoms. The Kier molecular flexibility index (Phi) is 3.44. The first-order valence-corrected chi connectivity index (χ1v) is 6.02. The van der Waals surface area contributed by atoms with Crippen molar-refractivity contribution in [1.82, 2.24) is 0 Å². The molecule has 0 radical (unpaired) electrons. The zero-order valence-electron chi connectivity index (χ0n) is 9.27. The second-order valence-corrected chi connectivity index (χ2v) is 5.04. The molecule has 0 aliphatic rings. The van der Waals surface area contributed by atoms with Gasteiger partial charge < -0.3 is 4.74 Å². The number of thiophene rings is 1. The molecular formula is C11H5ClF4O2S. The predicted molar refractivity (Wildman–Crippen MR) is 63.1 cm³/mol. The third-order valence-electron chi connectivity index (χ3n) is 2.36. The van der Waals surface area contributed by atoms with Crippen molar-refractivity contribution in [2.24, 2.45) is 0 Å². The molecule has 0 saturated carbocycles. The Bertz CT molecular complexity index is 663. The summed E-state index contributed by atoms with van der Waals surface area (Å²) in [4.78, 5) is 10.7. The average Bonchev–Trinajstić information content (AvgIpc) is 2.66. The van der Waals surface area contributed by atoms with E-state index in [9.17, 15) is 22.4 Å². The van der Waals surface area contributed by atoms with Crippen molar-refractivity contribution in [2.75, 3.05) is 7.11 Å². The average molecular weight is 313 g/mol. The summed E-state index contributed by atoms with van der Waals surface area (Å²) < 4.78 is 56.9. The Hall–Kier alpha value is -1.34. The molecule has 1 aromatic heterocycles. The van der Waals surface area contributed by atoms with Gasteiger partial charge in [0.15, 0.2) is 0 Å². The SMILES string of the molecule is COC(=O)c1sc2cc(Cl)cc(F)c2c1C(F)(F)F. The third-order valence-corrected chi connectivity index (χ3v) is 3.70. The van der Waals surface area contributed by atoms with Crippen LogP contribution in [0.5, 0.6) is 0 Å². The van der Waals surface area contributed by atoms with E-state index in [4.69, 9.17) is 11.6 Å². The molecule has 2 rings (SSSR count). The number of rotatable bonds is 1. The van der Waals surface area contributed by atoms with Crippen molar-refractivity contribution in [1.29, 1.82) is 0 Å². The second-order valence-electron chi connectivity index (χ2n) is 3.56. The molecule has 0 aliphatic carbocycles. The van der Waals surface area contributed by atoms with Crippen LogP contribution in [0, 0.1) is 5.82 Å². The molecule has 2 aromatic rings. The number of methoxy groups -OCH3 is 1. The van der Waals surface area contributed by atoms with E-state index in [1.807, 2.05) is 0 Å². The van der Waals surface area contributed by atoms with Crippen molar-refractivity contribution < 1.29 is 27.1 Å². The molecular weight excluding hydrogens is 308 g/mol. The minimum absolute atomic E-state index is 0.0450. The fourth-order valence-corrected chi connectivity index (χ4v) is 3.12. The molecule has 0 N–H and O–H groups in total. The summed E-state index contributed by atoms with van der Waals surface area (Å²) in [6.07, 6.45) is -4.86. The van der Waals surface area contributed by atoms with Crippen molar-refractivity contribution in [3.63, 3.8) is 0 Å². The van der Waals surface area contributed by atoms with Gasteiger partial charge in [0.25, 0.3) is 0 Å². The molecule has 0 bridgehead atoms.